The monoisotopic (exact) mass is 379 g/mol. The first-order valence-corrected chi connectivity index (χ1v) is 9.32. The van der Waals surface area contributed by atoms with E-state index < -0.39 is 0 Å². The summed E-state index contributed by atoms with van der Waals surface area (Å²) >= 11 is 0. The van der Waals surface area contributed by atoms with E-state index in [1.807, 2.05) is 36.2 Å². The van der Waals surface area contributed by atoms with Crippen molar-refractivity contribution in [3.63, 3.8) is 0 Å². The maximum absolute atomic E-state index is 9.68. The molecule has 29 heavy (non-hydrogen) atoms. The van der Waals surface area contributed by atoms with E-state index in [0.29, 0.717) is 16.8 Å². The summed E-state index contributed by atoms with van der Waals surface area (Å²) < 4.78 is 5.99. The third-order valence-electron chi connectivity index (χ3n) is 5.76. The molecule has 6 heteroatoms. The van der Waals surface area contributed by atoms with Crippen molar-refractivity contribution in [2.45, 2.75) is 20.0 Å². The molecule has 0 bridgehead atoms. The van der Waals surface area contributed by atoms with Crippen molar-refractivity contribution in [1.82, 2.24) is 4.98 Å². The number of fused-ring (bicyclic) bond motifs is 4. The second-order valence-corrected chi connectivity index (χ2v) is 7.29. The number of rotatable bonds is 1. The highest BCUT2D eigenvalue weighted by Gasteiger charge is 2.35. The first-order valence-electron chi connectivity index (χ1n) is 9.32. The zero-order chi connectivity index (χ0) is 20.3. The average Bonchev–Trinajstić information content (AvgIpc) is 3.21. The van der Waals surface area contributed by atoms with Gasteiger partial charge in [-0.1, -0.05) is 0 Å². The van der Waals surface area contributed by atoms with E-state index in [1.165, 1.54) is 0 Å². The average molecular weight is 379 g/mol. The molecule has 0 spiro atoms. The largest absolute Gasteiger partial charge is 0.438 e. The molecule has 4 aromatic rings. The molecule has 2 aromatic heterocycles. The summed E-state index contributed by atoms with van der Waals surface area (Å²) in [5.41, 5.74) is 5.99. The molecular weight excluding hydrogens is 362 g/mol. The van der Waals surface area contributed by atoms with Crippen LogP contribution in [0.4, 0.5) is 17.1 Å². The fraction of sp³-hybridized carbons (Fsp3) is 0.174. The molecule has 3 heterocycles. The maximum Gasteiger partial charge on any atom is 0.227 e. The number of anilines is 3. The molecule has 140 valence electrons. The number of nitrogens with zero attached hydrogens (tertiary/aromatic N) is 5. The Kier molecular flexibility index (Phi) is 3.53. The smallest absolute Gasteiger partial charge is 0.227 e. The molecule has 0 unspecified atom stereocenters. The molecule has 1 aliphatic heterocycles. The Balaban J connectivity index is 1.76. The van der Waals surface area contributed by atoms with Gasteiger partial charge in [0.1, 0.15) is 23.9 Å². The van der Waals surface area contributed by atoms with Gasteiger partial charge in [0, 0.05) is 35.8 Å². The van der Waals surface area contributed by atoms with Crippen molar-refractivity contribution >= 4 is 39.1 Å². The van der Waals surface area contributed by atoms with E-state index >= 15 is 0 Å². The van der Waals surface area contributed by atoms with Crippen LogP contribution in [0.15, 0.2) is 47.0 Å². The quantitative estimate of drug-likeness (QED) is 0.465. The van der Waals surface area contributed by atoms with Crippen LogP contribution in [-0.2, 0) is 0 Å². The van der Waals surface area contributed by atoms with E-state index in [-0.39, 0.29) is 6.17 Å². The predicted molar refractivity (Wildman–Crippen MR) is 112 cm³/mol. The first-order chi connectivity index (χ1) is 14.0. The van der Waals surface area contributed by atoms with Crippen molar-refractivity contribution in [1.29, 1.82) is 10.5 Å². The van der Waals surface area contributed by atoms with Gasteiger partial charge in [-0.2, -0.15) is 10.5 Å². The topological polar surface area (TPSA) is 80.1 Å². The van der Waals surface area contributed by atoms with Gasteiger partial charge < -0.3 is 14.2 Å². The van der Waals surface area contributed by atoms with Crippen molar-refractivity contribution in [2.24, 2.45) is 0 Å². The van der Waals surface area contributed by atoms with E-state index in [1.54, 1.807) is 12.3 Å². The van der Waals surface area contributed by atoms with Gasteiger partial charge in [-0.15, -0.1) is 0 Å². The fourth-order valence-corrected chi connectivity index (χ4v) is 4.24. The summed E-state index contributed by atoms with van der Waals surface area (Å²) in [6.45, 7) is 4.15. The van der Waals surface area contributed by atoms with Crippen LogP contribution in [0.25, 0.3) is 22.1 Å². The lowest BCUT2D eigenvalue weighted by molar-refractivity contribution is 0.653. The van der Waals surface area contributed by atoms with Crippen molar-refractivity contribution in [3.8, 4) is 12.1 Å². The Hall–Kier alpha value is -4.03. The van der Waals surface area contributed by atoms with Crippen molar-refractivity contribution < 1.29 is 4.42 Å². The van der Waals surface area contributed by atoms with Gasteiger partial charge in [0.2, 0.25) is 5.71 Å². The second-order valence-electron chi connectivity index (χ2n) is 7.29. The molecule has 5 rings (SSSR count). The third kappa shape index (κ3) is 2.23. The Labute approximate surface area is 167 Å². The number of nitriles is 2. The Morgan fingerprint density at radius 2 is 1.90 bits per heavy atom. The molecule has 0 fully saturated rings. The molecule has 0 aliphatic carbocycles. The zero-order valence-electron chi connectivity index (χ0n) is 16.3. The summed E-state index contributed by atoms with van der Waals surface area (Å²) in [6, 6.07) is 16.1. The van der Waals surface area contributed by atoms with Gasteiger partial charge in [-0.05, 0) is 49.7 Å². The highest BCUT2D eigenvalue weighted by atomic mass is 16.3. The van der Waals surface area contributed by atoms with E-state index in [9.17, 15) is 10.5 Å². The van der Waals surface area contributed by atoms with Crippen LogP contribution in [0.1, 0.15) is 23.6 Å². The van der Waals surface area contributed by atoms with Crippen LogP contribution in [0.5, 0.6) is 0 Å². The minimum atomic E-state index is -0.0234. The highest BCUT2D eigenvalue weighted by Crippen LogP contribution is 2.47. The molecule has 1 aliphatic rings. The number of pyridine rings is 1. The minimum absolute atomic E-state index is 0.0234. The Morgan fingerprint density at radius 1 is 1.07 bits per heavy atom. The van der Waals surface area contributed by atoms with E-state index in [2.05, 4.69) is 41.9 Å². The molecule has 1 atom stereocenters. The molecule has 2 aromatic carbocycles. The maximum atomic E-state index is 9.68. The van der Waals surface area contributed by atoms with Gasteiger partial charge in [0.25, 0.3) is 0 Å². The van der Waals surface area contributed by atoms with Crippen LogP contribution in [-0.4, -0.2) is 18.2 Å². The van der Waals surface area contributed by atoms with Crippen LogP contribution in [0, 0.1) is 29.6 Å². The normalized spacial score (nSPS) is 15.6. The molecule has 0 saturated carbocycles. The summed E-state index contributed by atoms with van der Waals surface area (Å²) in [6.07, 6.45) is 1.70. The summed E-state index contributed by atoms with van der Waals surface area (Å²) in [5, 5.41) is 21.1. The number of aryl methyl sites for hydroxylation is 1. The number of furan rings is 1. The number of benzene rings is 2. The van der Waals surface area contributed by atoms with Gasteiger partial charge in [-0.3, -0.25) is 0 Å². The highest BCUT2D eigenvalue weighted by molar-refractivity contribution is 6.05. The Bertz CT molecular complexity index is 1390. The van der Waals surface area contributed by atoms with Crippen LogP contribution >= 0.6 is 0 Å². The van der Waals surface area contributed by atoms with E-state index in [0.717, 1.165) is 39.0 Å². The summed E-state index contributed by atoms with van der Waals surface area (Å²) in [4.78, 5) is 8.55. The van der Waals surface area contributed by atoms with Gasteiger partial charge in [0.15, 0.2) is 0 Å². The van der Waals surface area contributed by atoms with Crippen LogP contribution < -0.4 is 9.80 Å². The van der Waals surface area contributed by atoms with Gasteiger partial charge >= 0.3 is 0 Å². The second kappa shape index (κ2) is 5.98. The fourth-order valence-electron chi connectivity index (χ4n) is 4.24. The van der Waals surface area contributed by atoms with Crippen LogP contribution in [0.2, 0.25) is 0 Å². The molecule has 0 amide bonds. The standard InChI is InChI=1S/C23H17N5O/c1-13-9-17-16-5-4-8-26-23(16)29-21(17)10-20(13)28-14(2)27(3)22-18(12-25)15(11-24)6-7-19(22)28/h4-10,14H,1-3H3/t14-/m0/s1. The number of hydrogen-bond acceptors (Lipinski definition) is 6. The lowest BCUT2D eigenvalue weighted by Gasteiger charge is -2.29. The number of aromatic nitrogens is 1. The lowest BCUT2D eigenvalue weighted by Crippen LogP contribution is -2.36. The summed E-state index contributed by atoms with van der Waals surface area (Å²) in [7, 11) is 1.95. The SMILES string of the molecule is Cc1cc2c(cc1N1c3ccc(C#N)c(C#N)c3N(C)[C@@H]1C)oc1ncccc12. The Morgan fingerprint density at radius 3 is 2.66 bits per heavy atom. The van der Waals surface area contributed by atoms with Crippen molar-refractivity contribution in [3.05, 3.63) is 59.3 Å². The first kappa shape index (κ1) is 17.1. The molecule has 0 N–H and O–H groups in total. The predicted octanol–water partition coefficient (Wildman–Crippen LogP) is 4.97. The third-order valence-corrected chi connectivity index (χ3v) is 5.76. The minimum Gasteiger partial charge on any atom is -0.438 e. The lowest BCUT2D eigenvalue weighted by atomic mass is 10.0. The van der Waals surface area contributed by atoms with Crippen LogP contribution in [0.3, 0.4) is 0 Å². The van der Waals surface area contributed by atoms with E-state index in [4.69, 9.17) is 4.42 Å². The van der Waals surface area contributed by atoms with Crippen molar-refractivity contribution in [2.75, 3.05) is 16.8 Å². The summed E-state index contributed by atoms with van der Waals surface area (Å²) in [5.74, 6) is 0. The van der Waals surface area contributed by atoms with Gasteiger partial charge in [-0.25, -0.2) is 4.98 Å². The molecule has 0 saturated heterocycles. The van der Waals surface area contributed by atoms with Gasteiger partial charge in [0.05, 0.1) is 22.5 Å². The zero-order valence-corrected chi connectivity index (χ0v) is 16.3. The number of hydrogen-bond donors (Lipinski definition) is 0. The molecule has 6 nitrogen and oxygen atoms in total. The molecule has 0 radical (unpaired) electrons. The molecular formula is C23H17N5O.